The second-order valence-electron chi connectivity index (χ2n) is 6.46. The molecule has 2 unspecified atom stereocenters. The zero-order chi connectivity index (χ0) is 15.1. The second kappa shape index (κ2) is 8.38. The smallest absolute Gasteiger partial charge is 0.0547 e. The Morgan fingerprint density at radius 3 is 2.45 bits per heavy atom. The van der Waals surface area contributed by atoms with Crippen LogP contribution in [0.25, 0.3) is 0 Å². The van der Waals surface area contributed by atoms with Gasteiger partial charge in [-0.05, 0) is 58.0 Å². The number of rotatable bonds is 8. The second-order valence-corrected chi connectivity index (χ2v) is 6.46. The molecule has 1 aromatic heterocycles. The number of aromatic nitrogens is 1. The normalized spacial score (nSPS) is 14.8. The maximum absolute atomic E-state index is 4.58. The molecular weight excluding hydrogens is 246 g/mol. The van der Waals surface area contributed by atoms with Crippen LogP contribution in [0, 0.1) is 18.8 Å². The van der Waals surface area contributed by atoms with Crippen molar-refractivity contribution in [2.45, 2.75) is 47.2 Å². The summed E-state index contributed by atoms with van der Waals surface area (Å²) in [6.07, 6.45) is 0. The summed E-state index contributed by atoms with van der Waals surface area (Å²) in [7, 11) is 2.19. The topological polar surface area (TPSA) is 28.2 Å². The van der Waals surface area contributed by atoms with Crippen LogP contribution in [0.15, 0.2) is 18.2 Å². The monoisotopic (exact) mass is 277 g/mol. The Labute approximate surface area is 124 Å². The van der Waals surface area contributed by atoms with Crippen molar-refractivity contribution in [3.8, 4) is 0 Å². The highest BCUT2D eigenvalue weighted by atomic mass is 15.1. The van der Waals surface area contributed by atoms with Gasteiger partial charge in [-0.15, -0.1) is 0 Å². The van der Waals surface area contributed by atoms with Gasteiger partial charge in [0, 0.05) is 18.3 Å². The lowest BCUT2D eigenvalue weighted by Gasteiger charge is -2.30. The van der Waals surface area contributed by atoms with Crippen molar-refractivity contribution in [3.05, 3.63) is 29.6 Å². The number of hydrogen-bond donors (Lipinski definition) is 1. The van der Waals surface area contributed by atoms with E-state index in [1.807, 2.05) is 13.0 Å². The zero-order valence-electron chi connectivity index (χ0n) is 14.0. The molecule has 0 radical (unpaired) electrons. The molecule has 3 nitrogen and oxygen atoms in total. The first-order valence-corrected chi connectivity index (χ1v) is 7.73. The number of nitrogens with zero attached hydrogens (tertiary/aromatic N) is 2. The summed E-state index contributed by atoms with van der Waals surface area (Å²) in [5, 5.41) is 3.55. The third kappa shape index (κ3) is 6.02. The van der Waals surface area contributed by atoms with E-state index < -0.39 is 0 Å². The third-order valence-electron chi connectivity index (χ3n) is 3.90. The highest BCUT2D eigenvalue weighted by molar-refractivity contribution is 5.09. The summed E-state index contributed by atoms with van der Waals surface area (Å²) >= 11 is 0. The molecule has 0 saturated carbocycles. The van der Waals surface area contributed by atoms with E-state index in [1.165, 1.54) is 0 Å². The molecule has 3 heteroatoms. The summed E-state index contributed by atoms with van der Waals surface area (Å²) in [5.74, 6) is 1.34. The fourth-order valence-corrected chi connectivity index (χ4v) is 2.29. The lowest BCUT2D eigenvalue weighted by molar-refractivity contribution is 0.186. The molecular formula is C17H31N3. The van der Waals surface area contributed by atoms with Gasteiger partial charge in [0.1, 0.15) is 0 Å². The number of aryl methyl sites for hydroxylation is 1. The average Bonchev–Trinajstić information content (AvgIpc) is 2.37. The van der Waals surface area contributed by atoms with Crippen LogP contribution in [0.3, 0.4) is 0 Å². The fraction of sp³-hybridized carbons (Fsp3) is 0.706. The quantitative estimate of drug-likeness (QED) is 0.791. The molecule has 0 amide bonds. The van der Waals surface area contributed by atoms with Gasteiger partial charge in [-0.3, -0.25) is 9.88 Å². The van der Waals surface area contributed by atoms with E-state index in [2.05, 4.69) is 62.1 Å². The minimum Gasteiger partial charge on any atom is -0.316 e. The van der Waals surface area contributed by atoms with Crippen LogP contribution in [0.4, 0.5) is 0 Å². The van der Waals surface area contributed by atoms with Crippen LogP contribution in [0.5, 0.6) is 0 Å². The Morgan fingerprint density at radius 2 is 1.85 bits per heavy atom. The Kier molecular flexibility index (Phi) is 7.17. The van der Waals surface area contributed by atoms with Crippen LogP contribution in [-0.2, 0) is 6.54 Å². The van der Waals surface area contributed by atoms with E-state index in [0.717, 1.165) is 31.0 Å². The molecule has 0 bridgehead atoms. The number of nitrogens with one attached hydrogen (secondary N) is 1. The van der Waals surface area contributed by atoms with Crippen LogP contribution >= 0.6 is 0 Å². The van der Waals surface area contributed by atoms with Crippen LogP contribution < -0.4 is 5.32 Å². The van der Waals surface area contributed by atoms with Crippen molar-refractivity contribution in [2.75, 3.05) is 20.1 Å². The first-order valence-electron chi connectivity index (χ1n) is 7.73. The van der Waals surface area contributed by atoms with Crippen LogP contribution in [0.2, 0.25) is 0 Å². The van der Waals surface area contributed by atoms with Gasteiger partial charge >= 0.3 is 0 Å². The third-order valence-corrected chi connectivity index (χ3v) is 3.90. The van der Waals surface area contributed by atoms with Crippen LogP contribution in [0.1, 0.15) is 39.1 Å². The Hall–Kier alpha value is -0.930. The molecule has 0 aromatic carbocycles. The fourth-order valence-electron chi connectivity index (χ4n) is 2.29. The average molecular weight is 277 g/mol. The van der Waals surface area contributed by atoms with Crippen molar-refractivity contribution in [1.29, 1.82) is 0 Å². The summed E-state index contributed by atoms with van der Waals surface area (Å²) in [6, 6.07) is 6.78. The SMILES string of the molecule is Cc1cccc(CN(C)C(C)C(C)CNCC(C)C)n1. The molecule has 0 spiro atoms. The van der Waals surface area contributed by atoms with Gasteiger partial charge in [-0.25, -0.2) is 0 Å². The lowest BCUT2D eigenvalue weighted by Crippen LogP contribution is -2.39. The van der Waals surface area contributed by atoms with Gasteiger partial charge in [0.25, 0.3) is 0 Å². The molecule has 0 fully saturated rings. The molecule has 2 atom stereocenters. The van der Waals surface area contributed by atoms with Gasteiger partial charge in [-0.1, -0.05) is 26.8 Å². The minimum absolute atomic E-state index is 0.539. The van der Waals surface area contributed by atoms with E-state index >= 15 is 0 Å². The summed E-state index contributed by atoms with van der Waals surface area (Å²) in [6.45, 7) is 14.2. The zero-order valence-corrected chi connectivity index (χ0v) is 14.0. The highest BCUT2D eigenvalue weighted by Crippen LogP contribution is 2.12. The molecule has 20 heavy (non-hydrogen) atoms. The molecule has 1 heterocycles. The predicted molar refractivity (Wildman–Crippen MR) is 86.8 cm³/mol. The van der Waals surface area contributed by atoms with Gasteiger partial charge < -0.3 is 5.32 Å². The standard InChI is InChI=1S/C17H31N3/c1-13(2)10-18-11-14(3)16(5)20(6)12-17-9-7-8-15(4)19-17/h7-9,13-14,16,18H,10-12H2,1-6H3. The molecule has 1 rings (SSSR count). The van der Waals surface area contributed by atoms with E-state index in [9.17, 15) is 0 Å². The van der Waals surface area contributed by atoms with Crippen molar-refractivity contribution in [3.63, 3.8) is 0 Å². The molecule has 0 aliphatic rings. The van der Waals surface area contributed by atoms with E-state index in [-0.39, 0.29) is 0 Å². The molecule has 114 valence electrons. The van der Waals surface area contributed by atoms with Crippen molar-refractivity contribution in [2.24, 2.45) is 11.8 Å². The van der Waals surface area contributed by atoms with Gasteiger partial charge in [0.05, 0.1) is 5.69 Å². The Balaban J connectivity index is 2.43. The Bertz CT molecular complexity index is 390. The number of pyridine rings is 1. The highest BCUT2D eigenvalue weighted by Gasteiger charge is 2.17. The van der Waals surface area contributed by atoms with Gasteiger partial charge in [-0.2, -0.15) is 0 Å². The molecule has 1 aromatic rings. The van der Waals surface area contributed by atoms with E-state index in [0.29, 0.717) is 17.9 Å². The molecule has 0 aliphatic carbocycles. The minimum atomic E-state index is 0.539. The summed E-state index contributed by atoms with van der Waals surface area (Å²) in [4.78, 5) is 6.98. The van der Waals surface area contributed by atoms with Crippen LogP contribution in [-0.4, -0.2) is 36.1 Å². The maximum Gasteiger partial charge on any atom is 0.0547 e. The molecule has 1 N–H and O–H groups in total. The number of hydrogen-bond acceptors (Lipinski definition) is 3. The first kappa shape index (κ1) is 17.1. The predicted octanol–water partition coefficient (Wildman–Crippen LogP) is 3.09. The maximum atomic E-state index is 4.58. The largest absolute Gasteiger partial charge is 0.316 e. The van der Waals surface area contributed by atoms with Crippen molar-refractivity contribution >= 4 is 0 Å². The van der Waals surface area contributed by atoms with Crippen molar-refractivity contribution in [1.82, 2.24) is 15.2 Å². The van der Waals surface area contributed by atoms with E-state index in [1.54, 1.807) is 0 Å². The van der Waals surface area contributed by atoms with E-state index in [4.69, 9.17) is 0 Å². The molecule has 0 saturated heterocycles. The van der Waals surface area contributed by atoms with Gasteiger partial charge in [0.2, 0.25) is 0 Å². The first-order chi connectivity index (χ1) is 9.40. The Morgan fingerprint density at radius 1 is 1.15 bits per heavy atom. The summed E-state index contributed by atoms with van der Waals surface area (Å²) < 4.78 is 0. The summed E-state index contributed by atoms with van der Waals surface area (Å²) in [5.41, 5.74) is 2.25. The molecule has 0 aliphatic heterocycles. The van der Waals surface area contributed by atoms with Crippen molar-refractivity contribution < 1.29 is 0 Å². The van der Waals surface area contributed by atoms with Gasteiger partial charge in [0.15, 0.2) is 0 Å². The lowest BCUT2D eigenvalue weighted by atomic mass is 10.0.